The summed E-state index contributed by atoms with van der Waals surface area (Å²) in [6.07, 6.45) is 2.74. The average Bonchev–Trinajstić information content (AvgIpc) is 2.81. The molecule has 18 heavy (non-hydrogen) atoms. The number of hydrogen-bond donors (Lipinski definition) is 1. The molecule has 6 nitrogen and oxygen atoms in total. The zero-order valence-electron chi connectivity index (χ0n) is 11.0. The van der Waals surface area contributed by atoms with Crippen molar-refractivity contribution in [2.75, 3.05) is 19.6 Å². The number of likely N-dealkylation sites (tertiary alicyclic amines) is 1. The summed E-state index contributed by atoms with van der Waals surface area (Å²) < 4.78 is 1.61. The molecule has 6 heteroatoms. The molecule has 0 aromatic carbocycles. The number of amides is 1. The molecule has 2 rings (SSSR count). The molecule has 0 spiro atoms. The summed E-state index contributed by atoms with van der Waals surface area (Å²) in [4.78, 5) is 14.1. The maximum absolute atomic E-state index is 12.2. The molecule has 1 aromatic heterocycles. The van der Waals surface area contributed by atoms with Gasteiger partial charge in [0.2, 0.25) is 0 Å². The number of rotatable bonds is 3. The number of piperidine rings is 1. The van der Waals surface area contributed by atoms with Crippen LogP contribution in [-0.4, -0.2) is 45.4 Å². The van der Waals surface area contributed by atoms with Crippen LogP contribution < -0.4 is 5.73 Å². The Hall–Kier alpha value is -1.43. The van der Waals surface area contributed by atoms with Crippen LogP contribution in [0.5, 0.6) is 0 Å². The maximum Gasteiger partial charge on any atom is 0.276 e. The molecule has 1 fully saturated rings. The number of aromatic nitrogens is 3. The molecular weight excluding hydrogens is 230 g/mol. The molecule has 1 aliphatic heterocycles. The van der Waals surface area contributed by atoms with E-state index >= 15 is 0 Å². The van der Waals surface area contributed by atoms with Gasteiger partial charge in [0, 0.05) is 19.6 Å². The summed E-state index contributed by atoms with van der Waals surface area (Å²) >= 11 is 0. The molecule has 1 amide bonds. The standard InChI is InChI=1S/C12H21N5O/c1-9-3-5-16(7-10(9)2)12(18)11-8-17(6-4-13)15-14-11/h8-10H,3-7,13H2,1-2H3. The van der Waals surface area contributed by atoms with E-state index in [-0.39, 0.29) is 5.91 Å². The highest BCUT2D eigenvalue weighted by atomic mass is 16.2. The third-order valence-electron chi connectivity index (χ3n) is 3.74. The lowest BCUT2D eigenvalue weighted by Crippen LogP contribution is -2.42. The van der Waals surface area contributed by atoms with Gasteiger partial charge in [0.25, 0.3) is 5.91 Å². The monoisotopic (exact) mass is 251 g/mol. The quantitative estimate of drug-likeness (QED) is 0.841. The van der Waals surface area contributed by atoms with Crippen LogP contribution in [0.2, 0.25) is 0 Å². The molecule has 1 aromatic rings. The van der Waals surface area contributed by atoms with E-state index < -0.39 is 0 Å². The predicted molar refractivity (Wildman–Crippen MR) is 67.9 cm³/mol. The van der Waals surface area contributed by atoms with Crippen LogP contribution in [0.15, 0.2) is 6.20 Å². The van der Waals surface area contributed by atoms with Crippen molar-refractivity contribution in [3.8, 4) is 0 Å². The largest absolute Gasteiger partial charge is 0.337 e. The van der Waals surface area contributed by atoms with Gasteiger partial charge in [-0.1, -0.05) is 19.1 Å². The van der Waals surface area contributed by atoms with E-state index in [2.05, 4.69) is 24.2 Å². The second-order valence-corrected chi connectivity index (χ2v) is 5.15. The fraction of sp³-hybridized carbons (Fsp3) is 0.750. The Labute approximate surface area is 107 Å². The van der Waals surface area contributed by atoms with Crippen molar-refractivity contribution in [2.45, 2.75) is 26.8 Å². The topological polar surface area (TPSA) is 77.0 Å². The second kappa shape index (κ2) is 5.48. The van der Waals surface area contributed by atoms with Crippen molar-refractivity contribution in [3.05, 3.63) is 11.9 Å². The molecule has 100 valence electrons. The molecule has 2 N–H and O–H groups in total. The second-order valence-electron chi connectivity index (χ2n) is 5.15. The van der Waals surface area contributed by atoms with E-state index in [4.69, 9.17) is 5.73 Å². The first-order valence-electron chi connectivity index (χ1n) is 6.51. The van der Waals surface area contributed by atoms with Gasteiger partial charge < -0.3 is 10.6 Å². The predicted octanol–water partition coefficient (Wildman–Crippen LogP) is 0.355. The van der Waals surface area contributed by atoms with Gasteiger partial charge in [-0.15, -0.1) is 5.10 Å². The summed E-state index contributed by atoms with van der Waals surface area (Å²) in [5.41, 5.74) is 5.86. The Kier molecular flexibility index (Phi) is 3.96. The van der Waals surface area contributed by atoms with Gasteiger partial charge in [0.15, 0.2) is 5.69 Å². The minimum atomic E-state index is -0.0166. The van der Waals surface area contributed by atoms with E-state index in [0.717, 1.165) is 19.5 Å². The third kappa shape index (κ3) is 2.69. The highest BCUT2D eigenvalue weighted by molar-refractivity contribution is 5.92. The Balaban J connectivity index is 2.02. The van der Waals surface area contributed by atoms with Crippen molar-refractivity contribution < 1.29 is 4.79 Å². The Morgan fingerprint density at radius 1 is 1.50 bits per heavy atom. The first-order chi connectivity index (χ1) is 8.61. The summed E-state index contributed by atoms with van der Waals surface area (Å²) in [5.74, 6) is 1.21. The normalized spacial score (nSPS) is 24.3. The van der Waals surface area contributed by atoms with Gasteiger partial charge in [0.05, 0.1) is 12.7 Å². The fourth-order valence-corrected chi connectivity index (χ4v) is 2.25. The average molecular weight is 251 g/mol. The van der Waals surface area contributed by atoms with Crippen LogP contribution in [0.3, 0.4) is 0 Å². The van der Waals surface area contributed by atoms with Gasteiger partial charge >= 0.3 is 0 Å². The van der Waals surface area contributed by atoms with Gasteiger partial charge in [-0.25, -0.2) is 0 Å². The highest BCUT2D eigenvalue weighted by Gasteiger charge is 2.27. The maximum atomic E-state index is 12.2. The van der Waals surface area contributed by atoms with E-state index in [0.29, 0.717) is 30.6 Å². The van der Waals surface area contributed by atoms with Crippen molar-refractivity contribution in [2.24, 2.45) is 17.6 Å². The lowest BCUT2D eigenvalue weighted by atomic mass is 9.88. The molecule has 2 heterocycles. The number of carbonyl (C=O) groups excluding carboxylic acids is 1. The summed E-state index contributed by atoms with van der Waals surface area (Å²) in [7, 11) is 0. The minimum absolute atomic E-state index is 0.0166. The van der Waals surface area contributed by atoms with Crippen molar-refractivity contribution in [1.82, 2.24) is 19.9 Å². The molecule has 0 saturated carbocycles. The number of nitrogens with two attached hydrogens (primary N) is 1. The Morgan fingerprint density at radius 3 is 2.94 bits per heavy atom. The molecule has 1 aliphatic rings. The Bertz CT molecular complexity index is 416. The first kappa shape index (κ1) is 13.0. The van der Waals surface area contributed by atoms with E-state index in [1.807, 2.05) is 4.90 Å². The number of hydrogen-bond acceptors (Lipinski definition) is 4. The molecule has 0 aliphatic carbocycles. The van der Waals surface area contributed by atoms with Gasteiger partial charge in [-0.2, -0.15) is 0 Å². The fourth-order valence-electron chi connectivity index (χ4n) is 2.25. The van der Waals surface area contributed by atoms with Crippen molar-refractivity contribution in [3.63, 3.8) is 0 Å². The van der Waals surface area contributed by atoms with Gasteiger partial charge in [-0.05, 0) is 18.3 Å². The zero-order valence-corrected chi connectivity index (χ0v) is 11.0. The highest BCUT2D eigenvalue weighted by Crippen LogP contribution is 2.23. The minimum Gasteiger partial charge on any atom is -0.337 e. The van der Waals surface area contributed by atoms with Crippen molar-refractivity contribution in [1.29, 1.82) is 0 Å². The Morgan fingerprint density at radius 2 is 2.28 bits per heavy atom. The molecular formula is C12H21N5O. The van der Waals surface area contributed by atoms with Crippen LogP contribution in [0.1, 0.15) is 30.8 Å². The SMILES string of the molecule is CC1CCN(C(=O)c2cn(CCN)nn2)CC1C. The van der Waals surface area contributed by atoms with Crippen molar-refractivity contribution >= 4 is 5.91 Å². The number of nitrogens with zero attached hydrogens (tertiary/aromatic N) is 4. The summed E-state index contributed by atoms with van der Waals surface area (Å²) in [6, 6.07) is 0. The van der Waals surface area contributed by atoms with Gasteiger partial charge in [-0.3, -0.25) is 9.48 Å². The van der Waals surface area contributed by atoms with Gasteiger partial charge in [0.1, 0.15) is 0 Å². The first-order valence-corrected chi connectivity index (χ1v) is 6.51. The van der Waals surface area contributed by atoms with E-state index in [1.54, 1.807) is 10.9 Å². The van der Waals surface area contributed by atoms with E-state index in [1.165, 1.54) is 0 Å². The number of carbonyl (C=O) groups is 1. The molecule has 2 atom stereocenters. The smallest absolute Gasteiger partial charge is 0.276 e. The zero-order chi connectivity index (χ0) is 13.1. The third-order valence-corrected chi connectivity index (χ3v) is 3.74. The summed E-state index contributed by atoms with van der Waals surface area (Å²) in [5, 5.41) is 7.82. The van der Waals surface area contributed by atoms with Crippen LogP contribution in [0.4, 0.5) is 0 Å². The summed E-state index contributed by atoms with van der Waals surface area (Å²) in [6.45, 7) is 7.14. The molecule has 0 radical (unpaired) electrons. The molecule has 2 unspecified atom stereocenters. The van der Waals surface area contributed by atoms with Crippen LogP contribution >= 0.6 is 0 Å². The van der Waals surface area contributed by atoms with Crippen LogP contribution in [-0.2, 0) is 6.54 Å². The van der Waals surface area contributed by atoms with Crippen LogP contribution in [0, 0.1) is 11.8 Å². The molecule has 0 bridgehead atoms. The van der Waals surface area contributed by atoms with E-state index in [9.17, 15) is 4.79 Å². The molecule has 1 saturated heterocycles. The lowest BCUT2D eigenvalue weighted by molar-refractivity contribution is 0.0621. The van der Waals surface area contributed by atoms with Crippen LogP contribution in [0.25, 0.3) is 0 Å². The lowest BCUT2D eigenvalue weighted by Gasteiger charge is -2.34.